The zero-order valence-corrected chi connectivity index (χ0v) is 9.18. The number of benzene rings is 1. The van der Waals surface area contributed by atoms with Crippen LogP contribution >= 0.6 is 28.6 Å². The van der Waals surface area contributed by atoms with Crippen LogP contribution in [0.25, 0.3) is 6.08 Å². The molecule has 0 aliphatic rings. The molecule has 0 saturated heterocycles. The molecule has 1 aromatic carbocycles. The van der Waals surface area contributed by atoms with Crippen molar-refractivity contribution in [3.8, 4) is 0 Å². The standard InChI is InChI=1S/C10H11BrS/c11-8-4-3-6-9-5-1-2-7-10(9)12/h1-3,5-7,12H,4,8H2. The molecular weight excluding hydrogens is 232 g/mol. The Hall–Kier alpha value is -0.210. The summed E-state index contributed by atoms with van der Waals surface area (Å²) in [5.41, 5.74) is 1.18. The second kappa shape index (κ2) is 5.44. The number of halogens is 1. The number of hydrogen-bond acceptors (Lipinski definition) is 1. The predicted octanol–water partition coefficient (Wildman–Crippen LogP) is 3.77. The molecule has 0 aromatic heterocycles. The molecule has 0 bridgehead atoms. The van der Waals surface area contributed by atoms with Gasteiger partial charge in [-0.2, -0.15) is 0 Å². The molecule has 0 unspecified atom stereocenters. The summed E-state index contributed by atoms with van der Waals surface area (Å²) < 4.78 is 0. The van der Waals surface area contributed by atoms with Gasteiger partial charge in [-0.05, 0) is 18.1 Å². The largest absolute Gasteiger partial charge is 0.143 e. The molecule has 0 saturated carbocycles. The first-order valence-corrected chi connectivity index (χ1v) is 5.42. The Kier molecular flexibility index (Phi) is 4.48. The molecule has 0 atom stereocenters. The summed E-state index contributed by atoms with van der Waals surface area (Å²) in [4.78, 5) is 1.03. The van der Waals surface area contributed by atoms with Crippen LogP contribution in [0.4, 0.5) is 0 Å². The van der Waals surface area contributed by atoms with Crippen LogP contribution in [-0.2, 0) is 0 Å². The smallest absolute Gasteiger partial charge is 0.0112 e. The van der Waals surface area contributed by atoms with Crippen LogP contribution in [0.5, 0.6) is 0 Å². The van der Waals surface area contributed by atoms with Gasteiger partial charge in [0, 0.05) is 10.2 Å². The van der Waals surface area contributed by atoms with E-state index in [2.05, 4.69) is 46.8 Å². The summed E-state index contributed by atoms with van der Waals surface area (Å²) in [7, 11) is 0. The normalized spacial score (nSPS) is 10.8. The van der Waals surface area contributed by atoms with Gasteiger partial charge < -0.3 is 0 Å². The molecule has 0 nitrogen and oxygen atoms in total. The van der Waals surface area contributed by atoms with Crippen LogP contribution in [0.1, 0.15) is 12.0 Å². The fourth-order valence-electron chi connectivity index (χ4n) is 0.902. The fraction of sp³-hybridized carbons (Fsp3) is 0.200. The molecule has 0 N–H and O–H groups in total. The van der Waals surface area contributed by atoms with E-state index in [1.165, 1.54) is 5.56 Å². The summed E-state index contributed by atoms with van der Waals surface area (Å²) >= 11 is 7.71. The molecule has 0 aliphatic heterocycles. The van der Waals surface area contributed by atoms with E-state index in [0.717, 1.165) is 16.6 Å². The first kappa shape index (κ1) is 9.87. The highest BCUT2D eigenvalue weighted by atomic mass is 79.9. The Morgan fingerprint density at radius 2 is 2.08 bits per heavy atom. The molecule has 0 aliphatic carbocycles. The fourth-order valence-corrected chi connectivity index (χ4v) is 1.40. The number of thiol groups is 1. The van der Waals surface area contributed by atoms with Crippen molar-refractivity contribution in [1.29, 1.82) is 0 Å². The Bertz CT molecular complexity index is 268. The maximum Gasteiger partial charge on any atom is 0.0112 e. The van der Waals surface area contributed by atoms with E-state index in [4.69, 9.17) is 0 Å². The van der Waals surface area contributed by atoms with E-state index in [1.54, 1.807) is 0 Å². The van der Waals surface area contributed by atoms with Crippen molar-refractivity contribution in [2.45, 2.75) is 11.3 Å². The van der Waals surface area contributed by atoms with E-state index < -0.39 is 0 Å². The third-order valence-electron chi connectivity index (χ3n) is 1.51. The van der Waals surface area contributed by atoms with Gasteiger partial charge in [0.15, 0.2) is 0 Å². The summed E-state index contributed by atoms with van der Waals surface area (Å²) in [5, 5.41) is 1.01. The van der Waals surface area contributed by atoms with Crippen molar-refractivity contribution in [3.63, 3.8) is 0 Å². The Balaban J connectivity index is 2.68. The molecule has 12 heavy (non-hydrogen) atoms. The monoisotopic (exact) mass is 242 g/mol. The topological polar surface area (TPSA) is 0 Å². The van der Waals surface area contributed by atoms with Gasteiger partial charge in [-0.1, -0.05) is 46.3 Å². The lowest BCUT2D eigenvalue weighted by Crippen LogP contribution is -1.74. The van der Waals surface area contributed by atoms with Gasteiger partial charge in [-0.3, -0.25) is 0 Å². The second-order valence-electron chi connectivity index (χ2n) is 2.44. The number of hydrogen-bond donors (Lipinski definition) is 1. The molecule has 64 valence electrons. The first-order chi connectivity index (χ1) is 5.84. The average Bonchev–Trinajstić information content (AvgIpc) is 2.09. The van der Waals surface area contributed by atoms with Crippen molar-refractivity contribution in [1.82, 2.24) is 0 Å². The lowest BCUT2D eigenvalue weighted by molar-refractivity contribution is 1.27. The minimum atomic E-state index is 1.01. The minimum absolute atomic E-state index is 1.01. The summed E-state index contributed by atoms with van der Waals surface area (Å²) in [6.07, 6.45) is 5.30. The first-order valence-electron chi connectivity index (χ1n) is 3.85. The molecular formula is C10H11BrS. The Morgan fingerprint density at radius 3 is 2.75 bits per heavy atom. The zero-order valence-electron chi connectivity index (χ0n) is 6.70. The van der Waals surface area contributed by atoms with E-state index in [0.29, 0.717) is 0 Å². The molecule has 0 amide bonds. The van der Waals surface area contributed by atoms with E-state index in [-0.39, 0.29) is 0 Å². The Labute approximate surface area is 87.2 Å². The molecule has 2 heteroatoms. The summed E-state index contributed by atoms with van der Waals surface area (Å²) in [5.74, 6) is 0. The Morgan fingerprint density at radius 1 is 1.33 bits per heavy atom. The zero-order chi connectivity index (χ0) is 8.81. The molecule has 0 fully saturated rings. The number of allylic oxidation sites excluding steroid dienone is 1. The predicted molar refractivity (Wildman–Crippen MR) is 61.1 cm³/mol. The molecule has 0 spiro atoms. The molecule has 1 aromatic rings. The van der Waals surface area contributed by atoms with Crippen molar-refractivity contribution >= 4 is 34.6 Å². The van der Waals surface area contributed by atoms with Gasteiger partial charge in [0.2, 0.25) is 0 Å². The van der Waals surface area contributed by atoms with Crippen molar-refractivity contribution in [2.75, 3.05) is 5.33 Å². The van der Waals surface area contributed by atoms with Gasteiger partial charge in [0.25, 0.3) is 0 Å². The SMILES string of the molecule is Sc1ccccc1C=CCCBr. The molecule has 1 rings (SSSR count). The van der Waals surface area contributed by atoms with Crippen LogP contribution in [0.2, 0.25) is 0 Å². The van der Waals surface area contributed by atoms with Crippen molar-refractivity contribution in [3.05, 3.63) is 35.9 Å². The average molecular weight is 243 g/mol. The van der Waals surface area contributed by atoms with Crippen LogP contribution in [0.15, 0.2) is 35.2 Å². The highest BCUT2D eigenvalue weighted by Gasteiger charge is 1.90. The maximum absolute atomic E-state index is 4.34. The van der Waals surface area contributed by atoms with Gasteiger partial charge in [0.05, 0.1) is 0 Å². The van der Waals surface area contributed by atoms with Gasteiger partial charge >= 0.3 is 0 Å². The molecule has 0 heterocycles. The van der Waals surface area contributed by atoms with Gasteiger partial charge in [-0.25, -0.2) is 0 Å². The second-order valence-corrected chi connectivity index (χ2v) is 3.71. The van der Waals surface area contributed by atoms with E-state index >= 15 is 0 Å². The van der Waals surface area contributed by atoms with E-state index in [9.17, 15) is 0 Å². The third-order valence-corrected chi connectivity index (χ3v) is 2.38. The summed E-state index contributed by atoms with van der Waals surface area (Å²) in [6.45, 7) is 0. The van der Waals surface area contributed by atoms with Crippen LogP contribution in [-0.4, -0.2) is 5.33 Å². The maximum atomic E-state index is 4.34. The quantitative estimate of drug-likeness (QED) is 0.606. The van der Waals surface area contributed by atoms with Crippen LogP contribution in [0.3, 0.4) is 0 Å². The highest BCUT2D eigenvalue weighted by Crippen LogP contribution is 2.14. The number of alkyl halides is 1. The van der Waals surface area contributed by atoms with E-state index in [1.807, 2.05) is 18.2 Å². The van der Waals surface area contributed by atoms with Crippen molar-refractivity contribution in [2.24, 2.45) is 0 Å². The lowest BCUT2D eigenvalue weighted by atomic mass is 10.2. The molecule has 0 radical (unpaired) electrons. The summed E-state index contributed by atoms with van der Waals surface area (Å²) in [6, 6.07) is 8.07. The van der Waals surface area contributed by atoms with Crippen LogP contribution in [0, 0.1) is 0 Å². The van der Waals surface area contributed by atoms with Crippen LogP contribution < -0.4 is 0 Å². The minimum Gasteiger partial charge on any atom is -0.143 e. The number of rotatable bonds is 3. The highest BCUT2D eigenvalue weighted by molar-refractivity contribution is 9.09. The van der Waals surface area contributed by atoms with Crippen molar-refractivity contribution < 1.29 is 0 Å². The lowest BCUT2D eigenvalue weighted by Gasteiger charge is -1.96. The van der Waals surface area contributed by atoms with Gasteiger partial charge in [0.1, 0.15) is 0 Å². The third kappa shape index (κ3) is 3.03. The van der Waals surface area contributed by atoms with Gasteiger partial charge in [-0.15, -0.1) is 12.6 Å².